The molecule has 0 aliphatic rings. The number of carbonyl (C=O) groups excluding carboxylic acids is 1. The fourth-order valence-electron chi connectivity index (χ4n) is 1.93. The van der Waals surface area contributed by atoms with Crippen LogP contribution in [0.2, 0.25) is 0 Å². The monoisotopic (exact) mass is 306 g/mol. The first kappa shape index (κ1) is 13.3. The number of nitrogens with zero attached hydrogens (tertiary/aromatic N) is 3. The minimum Gasteiger partial charge on any atom is -0.302 e. The topological polar surface area (TPSA) is 59.8 Å². The molecule has 1 N–H and O–H groups in total. The van der Waals surface area contributed by atoms with Crippen molar-refractivity contribution in [3.05, 3.63) is 29.4 Å². The van der Waals surface area contributed by atoms with Crippen molar-refractivity contribution in [2.24, 2.45) is 0 Å². The highest BCUT2D eigenvalue weighted by Gasteiger charge is 2.13. The van der Waals surface area contributed by atoms with Crippen LogP contribution in [0.1, 0.15) is 25.1 Å². The van der Waals surface area contributed by atoms with E-state index in [1.807, 2.05) is 42.2 Å². The van der Waals surface area contributed by atoms with Gasteiger partial charge in [0.05, 0.1) is 17.3 Å². The Kier molecular flexibility index (Phi) is 3.54. The summed E-state index contributed by atoms with van der Waals surface area (Å²) >= 11 is 3.15. The average Bonchev–Trinajstić information content (AvgIpc) is 3.04. The number of hydrogen-bond donors (Lipinski definition) is 1. The van der Waals surface area contributed by atoms with E-state index in [1.54, 1.807) is 11.3 Å². The smallest absolute Gasteiger partial charge is 0.228 e. The van der Waals surface area contributed by atoms with Crippen molar-refractivity contribution < 1.29 is 4.79 Å². The quantitative estimate of drug-likeness (QED) is 0.803. The van der Waals surface area contributed by atoms with Gasteiger partial charge in [0.15, 0.2) is 5.13 Å². The lowest BCUT2D eigenvalue weighted by molar-refractivity contribution is -0.116. The number of amides is 1. The summed E-state index contributed by atoms with van der Waals surface area (Å²) < 4.78 is 2.95. The number of anilines is 1. The second kappa shape index (κ2) is 5.34. The number of aryl methyl sites for hydroxylation is 1. The van der Waals surface area contributed by atoms with Gasteiger partial charge in [-0.2, -0.15) is 5.10 Å². The molecule has 1 unspecified atom stereocenters. The molecule has 0 spiro atoms. The molecule has 0 saturated heterocycles. The van der Waals surface area contributed by atoms with Gasteiger partial charge in [-0.25, -0.2) is 4.98 Å². The Balaban J connectivity index is 1.63. The van der Waals surface area contributed by atoms with Crippen LogP contribution in [-0.4, -0.2) is 20.7 Å². The highest BCUT2D eigenvalue weighted by molar-refractivity contribution is 7.39. The zero-order chi connectivity index (χ0) is 14.1. The predicted octanol–water partition coefficient (Wildman–Crippen LogP) is 3.45. The number of nitrogens with one attached hydrogen (secondary N) is 1. The van der Waals surface area contributed by atoms with Gasteiger partial charge in [-0.1, -0.05) is 11.3 Å². The second-order valence-corrected chi connectivity index (χ2v) is 6.82. The number of aromatic nitrogens is 3. The Hall–Kier alpha value is -1.73. The largest absolute Gasteiger partial charge is 0.302 e. The summed E-state index contributed by atoms with van der Waals surface area (Å²) in [6, 6.07) is 3.93. The summed E-state index contributed by atoms with van der Waals surface area (Å²) in [5.74, 6) is -0.0351. The number of thiophene rings is 1. The van der Waals surface area contributed by atoms with Crippen molar-refractivity contribution in [1.82, 2.24) is 14.8 Å². The average molecular weight is 306 g/mol. The molecule has 0 radical (unpaired) electrons. The van der Waals surface area contributed by atoms with E-state index in [9.17, 15) is 4.79 Å². The number of hydrogen-bond acceptors (Lipinski definition) is 5. The predicted molar refractivity (Wildman–Crippen MR) is 82.4 cm³/mol. The summed E-state index contributed by atoms with van der Waals surface area (Å²) in [5.41, 5.74) is 1.91. The summed E-state index contributed by atoms with van der Waals surface area (Å²) in [6.45, 7) is 3.91. The maximum Gasteiger partial charge on any atom is 0.228 e. The molecule has 0 aromatic carbocycles. The fraction of sp³-hybridized carbons (Fsp3) is 0.308. The van der Waals surface area contributed by atoms with Gasteiger partial charge in [0.1, 0.15) is 4.01 Å². The molecule has 1 atom stereocenters. The molecule has 5 nitrogen and oxygen atoms in total. The van der Waals surface area contributed by atoms with Crippen LogP contribution in [0.5, 0.6) is 0 Å². The Morgan fingerprint density at radius 3 is 3.05 bits per heavy atom. The van der Waals surface area contributed by atoms with Crippen LogP contribution >= 0.6 is 22.7 Å². The van der Waals surface area contributed by atoms with Gasteiger partial charge in [-0.15, -0.1) is 11.3 Å². The number of rotatable bonds is 4. The van der Waals surface area contributed by atoms with Gasteiger partial charge < -0.3 is 5.32 Å². The molecule has 3 aromatic rings. The Bertz CT molecular complexity index is 714. The van der Waals surface area contributed by atoms with Crippen molar-refractivity contribution in [1.29, 1.82) is 0 Å². The van der Waals surface area contributed by atoms with Crippen molar-refractivity contribution in [3.8, 4) is 0 Å². The Morgan fingerprint density at radius 2 is 2.35 bits per heavy atom. The van der Waals surface area contributed by atoms with Crippen LogP contribution in [0.25, 0.3) is 9.53 Å². The minimum absolute atomic E-state index is 0.0322. The van der Waals surface area contributed by atoms with E-state index < -0.39 is 0 Å². The molecule has 1 amide bonds. The Labute approximate surface area is 124 Å². The van der Waals surface area contributed by atoms with Crippen LogP contribution in [0, 0.1) is 6.92 Å². The van der Waals surface area contributed by atoms with E-state index in [0.717, 1.165) is 15.2 Å². The van der Waals surface area contributed by atoms with Crippen LogP contribution in [0.15, 0.2) is 23.7 Å². The van der Waals surface area contributed by atoms with Crippen LogP contribution in [0.4, 0.5) is 5.13 Å². The molecule has 20 heavy (non-hydrogen) atoms. The summed E-state index contributed by atoms with van der Waals surface area (Å²) in [4.78, 5) is 16.4. The molecule has 0 fully saturated rings. The van der Waals surface area contributed by atoms with Gasteiger partial charge in [0.2, 0.25) is 5.91 Å². The number of fused-ring (bicyclic) bond motifs is 1. The lowest BCUT2D eigenvalue weighted by Gasteiger charge is -2.11. The second-order valence-electron chi connectivity index (χ2n) is 4.65. The van der Waals surface area contributed by atoms with E-state index in [2.05, 4.69) is 15.4 Å². The molecular formula is C13H14N4OS2. The van der Waals surface area contributed by atoms with Gasteiger partial charge in [0.25, 0.3) is 0 Å². The van der Waals surface area contributed by atoms with Gasteiger partial charge in [-0.3, -0.25) is 9.48 Å². The lowest BCUT2D eigenvalue weighted by Crippen LogP contribution is -2.17. The third-order valence-electron chi connectivity index (χ3n) is 2.94. The van der Waals surface area contributed by atoms with Crippen LogP contribution in [0.3, 0.4) is 0 Å². The maximum absolute atomic E-state index is 12.0. The molecule has 3 heterocycles. The summed E-state index contributed by atoms with van der Waals surface area (Å²) in [5, 5.41) is 9.85. The molecule has 0 aliphatic heterocycles. The maximum atomic E-state index is 12.0. The zero-order valence-electron chi connectivity index (χ0n) is 11.2. The molecule has 0 aliphatic carbocycles. The third-order valence-corrected chi connectivity index (χ3v) is 4.96. The van der Waals surface area contributed by atoms with Gasteiger partial charge in [0, 0.05) is 12.6 Å². The standard InChI is InChI=1S/C13H14N4OS2/c1-8-3-5-17(16-8)9(2)7-11(18)15-13-14-10-4-6-19-12(10)20-13/h3-6,9H,7H2,1-2H3,(H,14,15,18). The van der Waals surface area contributed by atoms with Crippen LogP contribution in [-0.2, 0) is 4.79 Å². The molecule has 7 heteroatoms. The highest BCUT2D eigenvalue weighted by Crippen LogP contribution is 2.30. The third kappa shape index (κ3) is 2.73. The van der Waals surface area contributed by atoms with E-state index in [4.69, 9.17) is 0 Å². The molecular weight excluding hydrogens is 292 g/mol. The normalized spacial score (nSPS) is 12.7. The first-order valence-corrected chi connectivity index (χ1v) is 7.97. The van der Waals surface area contributed by atoms with Gasteiger partial charge in [-0.05, 0) is 31.4 Å². The van der Waals surface area contributed by atoms with E-state index in [0.29, 0.717) is 11.6 Å². The fourth-order valence-corrected chi connectivity index (χ4v) is 3.79. The first-order chi connectivity index (χ1) is 9.61. The van der Waals surface area contributed by atoms with Crippen molar-refractivity contribution >= 4 is 43.2 Å². The minimum atomic E-state index is -0.0351. The zero-order valence-corrected chi connectivity index (χ0v) is 12.8. The molecule has 3 rings (SSSR count). The van der Waals surface area contributed by atoms with E-state index in [1.165, 1.54) is 11.3 Å². The van der Waals surface area contributed by atoms with E-state index >= 15 is 0 Å². The first-order valence-electron chi connectivity index (χ1n) is 6.27. The Morgan fingerprint density at radius 1 is 1.50 bits per heavy atom. The SMILES string of the molecule is Cc1ccn(C(C)CC(=O)Nc2nc3ccsc3s2)n1. The summed E-state index contributed by atoms with van der Waals surface area (Å²) in [7, 11) is 0. The summed E-state index contributed by atoms with van der Waals surface area (Å²) in [6.07, 6.45) is 2.28. The molecule has 104 valence electrons. The lowest BCUT2D eigenvalue weighted by atomic mass is 10.2. The van der Waals surface area contributed by atoms with Crippen molar-refractivity contribution in [2.45, 2.75) is 26.3 Å². The number of carbonyl (C=O) groups is 1. The molecule has 0 bridgehead atoms. The molecule has 0 saturated carbocycles. The molecule has 3 aromatic heterocycles. The van der Waals surface area contributed by atoms with Crippen molar-refractivity contribution in [3.63, 3.8) is 0 Å². The van der Waals surface area contributed by atoms with Gasteiger partial charge >= 0.3 is 0 Å². The number of thiazole rings is 1. The van der Waals surface area contributed by atoms with Crippen molar-refractivity contribution in [2.75, 3.05) is 5.32 Å². The van der Waals surface area contributed by atoms with Crippen LogP contribution < -0.4 is 5.32 Å². The van der Waals surface area contributed by atoms with E-state index in [-0.39, 0.29) is 11.9 Å². The highest BCUT2D eigenvalue weighted by atomic mass is 32.2.